The first-order valence-corrected chi connectivity index (χ1v) is 7.09. The zero-order valence-electron chi connectivity index (χ0n) is 12.3. The van der Waals surface area contributed by atoms with E-state index >= 15 is 0 Å². The van der Waals surface area contributed by atoms with Crippen molar-refractivity contribution in [3.05, 3.63) is 47.6 Å². The topological polar surface area (TPSA) is 64.9 Å². The summed E-state index contributed by atoms with van der Waals surface area (Å²) in [5, 5.41) is 4.20. The van der Waals surface area contributed by atoms with E-state index in [0.717, 1.165) is 18.7 Å². The van der Waals surface area contributed by atoms with Crippen molar-refractivity contribution in [3.63, 3.8) is 0 Å². The van der Waals surface area contributed by atoms with Crippen LogP contribution in [-0.2, 0) is 5.41 Å². The number of nitrogens with two attached hydrogens (primary N) is 1. The number of benzene rings is 1. The number of rotatable bonds is 3. The summed E-state index contributed by atoms with van der Waals surface area (Å²) in [4.78, 5) is 4.58. The van der Waals surface area contributed by atoms with Crippen molar-refractivity contribution in [1.82, 2.24) is 10.1 Å². The predicted octanol–water partition coefficient (Wildman–Crippen LogP) is 3.20. The third kappa shape index (κ3) is 2.14. The van der Waals surface area contributed by atoms with Crippen LogP contribution >= 0.6 is 0 Å². The van der Waals surface area contributed by atoms with Crippen LogP contribution in [0.5, 0.6) is 0 Å². The van der Waals surface area contributed by atoms with Crippen molar-refractivity contribution < 1.29 is 4.52 Å². The molecule has 0 radical (unpaired) electrons. The van der Waals surface area contributed by atoms with Crippen molar-refractivity contribution in [2.75, 3.05) is 0 Å². The van der Waals surface area contributed by atoms with Crippen LogP contribution in [0.2, 0.25) is 0 Å². The molecule has 3 rings (SSSR count). The standard InChI is InChI=1S/C16H21N3O/c1-15(2,3)12(17)13-18-14(19-20-13)16(9-10-16)11-7-5-4-6-8-11/h4-8,12H,9-10,17H2,1-3H3/t12-/m1/s1. The predicted molar refractivity (Wildman–Crippen MR) is 77.1 cm³/mol. The van der Waals surface area contributed by atoms with Crippen LogP contribution in [0.4, 0.5) is 0 Å². The van der Waals surface area contributed by atoms with Gasteiger partial charge in [-0.1, -0.05) is 56.3 Å². The maximum absolute atomic E-state index is 6.19. The van der Waals surface area contributed by atoms with E-state index in [2.05, 4.69) is 55.2 Å². The van der Waals surface area contributed by atoms with Crippen LogP contribution in [-0.4, -0.2) is 10.1 Å². The van der Waals surface area contributed by atoms with Gasteiger partial charge in [-0.05, 0) is 23.8 Å². The normalized spacial score (nSPS) is 18.8. The Kier molecular flexibility index (Phi) is 2.94. The van der Waals surface area contributed by atoms with Gasteiger partial charge in [-0.15, -0.1) is 0 Å². The Morgan fingerprint density at radius 1 is 1.20 bits per heavy atom. The molecule has 0 bridgehead atoms. The second-order valence-corrected chi connectivity index (χ2v) is 6.75. The molecule has 0 amide bonds. The molecule has 1 fully saturated rings. The van der Waals surface area contributed by atoms with Gasteiger partial charge < -0.3 is 10.3 Å². The van der Waals surface area contributed by atoms with Crippen LogP contribution < -0.4 is 5.73 Å². The van der Waals surface area contributed by atoms with Crippen molar-refractivity contribution >= 4 is 0 Å². The second kappa shape index (κ2) is 4.42. The molecule has 0 spiro atoms. The van der Waals surface area contributed by atoms with Gasteiger partial charge in [-0.3, -0.25) is 0 Å². The van der Waals surface area contributed by atoms with E-state index in [1.54, 1.807) is 0 Å². The molecule has 1 aromatic heterocycles. The summed E-state index contributed by atoms with van der Waals surface area (Å²) in [6, 6.07) is 10.2. The van der Waals surface area contributed by atoms with Crippen LogP contribution in [0.25, 0.3) is 0 Å². The number of hydrogen-bond donors (Lipinski definition) is 1. The Morgan fingerprint density at radius 2 is 1.85 bits per heavy atom. The molecule has 0 unspecified atom stereocenters. The van der Waals surface area contributed by atoms with Crippen LogP contribution in [0.1, 0.15) is 56.9 Å². The number of aromatic nitrogens is 2. The first-order valence-electron chi connectivity index (χ1n) is 7.09. The molecule has 0 saturated heterocycles. The molecule has 4 heteroatoms. The fourth-order valence-electron chi connectivity index (χ4n) is 2.45. The summed E-state index contributed by atoms with van der Waals surface area (Å²) in [6.45, 7) is 6.23. The first-order chi connectivity index (χ1) is 9.43. The number of hydrogen-bond acceptors (Lipinski definition) is 4. The molecular formula is C16H21N3O. The molecule has 0 aliphatic heterocycles. The van der Waals surface area contributed by atoms with Gasteiger partial charge >= 0.3 is 0 Å². The maximum atomic E-state index is 6.19. The lowest BCUT2D eigenvalue weighted by molar-refractivity contribution is 0.252. The summed E-state index contributed by atoms with van der Waals surface area (Å²) < 4.78 is 5.41. The fourth-order valence-corrected chi connectivity index (χ4v) is 2.45. The fraction of sp³-hybridized carbons (Fsp3) is 0.500. The lowest BCUT2D eigenvalue weighted by Gasteiger charge is -2.23. The van der Waals surface area contributed by atoms with E-state index in [9.17, 15) is 0 Å². The molecule has 20 heavy (non-hydrogen) atoms. The van der Waals surface area contributed by atoms with E-state index in [-0.39, 0.29) is 16.9 Å². The molecule has 4 nitrogen and oxygen atoms in total. The summed E-state index contributed by atoms with van der Waals surface area (Å²) in [5.74, 6) is 1.31. The SMILES string of the molecule is CC(C)(C)[C@H](N)c1nc(C2(c3ccccc3)CC2)no1. The zero-order chi connectivity index (χ0) is 14.4. The molecule has 1 aliphatic carbocycles. The third-order valence-electron chi connectivity index (χ3n) is 4.15. The van der Waals surface area contributed by atoms with Gasteiger partial charge in [-0.25, -0.2) is 0 Å². The average molecular weight is 271 g/mol. The van der Waals surface area contributed by atoms with Gasteiger partial charge in [0, 0.05) is 0 Å². The summed E-state index contributed by atoms with van der Waals surface area (Å²) >= 11 is 0. The van der Waals surface area contributed by atoms with Crippen molar-refractivity contribution in [2.24, 2.45) is 11.1 Å². The highest BCUT2D eigenvalue weighted by Gasteiger charge is 2.50. The largest absolute Gasteiger partial charge is 0.338 e. The lowest BCUT2D eigenvalue weighted by Crippen LogP contribution is -2.26. The summed E-state index contributed by atoms with van der Waals surface area (Å²) in [7, 11) is 0. The Labute approximate surface area is 119 Å². The van der Waals surface area contributed by atoms with Gasteiger partial charge in [0.1, 0.15) is 0 Å². The lowest BCUT2D eigenvalue weighted by atomic mass is 9.87. The Hall–Kier alpha value is -1.68. The minimum atomic E-state index is -0.240. The molecule has 1 aromatic carbocycles. The van der Waals surface area contributed by atoms with E-state index in [0.29, 0.717) is 5.89 Å². The molecule has 1 atom stereocenters. The quantitative estimate of drug-likeness (QED) is 0.931. The van der Waals surface area contributed by atoms with Crippen molar-refractivity contribution in [2.45, 2.75) is 45.1 Å². The summed E-state index contributed by atoms with van der Waals surface area (Å²) in [5.41, 5.74) is 7.31. The zero-order valence-corrected chi connectivity index (χ0v) is 12.3. The molecular weight excluding hydrogens is 250 g/mol. The van der Waals surface area contributed by atoms with Gasteiger partial charge in [0.15, 0.2) is 5.82 Å². The van der Waals surface area contributed by atoms with Gasteiger partial charge in [0.2, 0.25) is 5.89 Å². The summed E-state index contributed by atoms with van der Waals surface area (Å²) in [6.07, 6.45) is 2.14. The highest BCUT2D eigenvalue weighted by molar-refractivity contribution is 5.38. The maximum Gasteiger partial charge on any atom is 0.244 e. The molecule has 1 heterocycles. The van der Waals surface area contributed by atoms with Crippen LogP contribution in [0, 0.1) is 5.41 Å². The first kappa shape index (κ1) is 13.3. The van der Waals surface area contributed by atoms with E-state index in [4.69, 9.17) is 10.3 Å². The van der Waals surface area contributed by atoms with Crippen LogP contribution in [0.15, 0.2) is 34.9 Å². The Balaban J connectivity index is 1.92. The smallest absolute Gasteiger partial charge is 0.244 e. The molecule has 106 valence electrons. The Morgan fingerprint density at radius 3 is 2.40 bits per heavy atom. The van der Waals surface area contributed by atoms with Gasteiger partial charge in [0.25, 0.3) is 0 Å². The second-order valence-electron chi connectivity index (χ2n) is 6.75. The van der Waals surface area contributed by atoms with Crippen molar-refractivity contribution in [1.29, 1.82) is 0 Å². The molecule has 1 saturated carbocycles. The van der Waals surface area contributed by atoms with E-state index < -0.39 is 0 Å². The monoisotopic (exact) mass is 271 g/mol. The van der Waals surface area contributed by atoms with Gasteiger partial charge in [0.05, 0.1) is 11.5 Å². The molecule has 2 N–H and O–H groups in total. The third-order valence-corrected chi connectivity index (χ3v) is 4.15. The highest BCUT2D eigenvalue weighted by Crippen LogP contribution is 2.52. The molecule has 1 aliphatic rings. The minimum absolute atomic E-state index is 0.0549. The van der Waals surface area contributed by atoms with Crippen LogP contribution in [0.3, 0.4) is 0 Å². The van der Waals surface area contributed by atoms with Crippen molar-refractivity contribution in [3.8, 4) is 0 Å². The van der Waals surface area contributed by atoms with Gasteiger partial charge in [-0.2, -0.15) is 4.98 Å². The number of nitrogens with zero attached hydrogens (tertiary/aromatic N) is 2. The minimum Gasteiger partial charge on any atom is -0.338 e. The molecule has 2 aromatic rings. The Bertz CT molecular complexity index is 594. The average Bonchev–Trinajstić information content (AvgIpc) is 3.09. The highest BCUT2D eigenvalue weighted by atomic mass is 16.5. The van der Waals surface area contributed by atoms with E-state index in [1.165, 1.54) is 5.56 Å². The van der Waals surface area contributed by atoms with E-state index in [1.807, 2.05) is 6.07 Å².